The first kappa shape index (κ1) is 23.6. The van der Waals surface area contributed by atoms with Crippen molar-refractivity contribution >= 4 is 17.4 Å². The van der Waals surface area contributed by atoms with Gasteiger partial charge in [-0.05, 0) is 56.9 Å². The smallest absolute Gasteiger partial charge is 0.295 e. The number of methoxy groups -OCH3 is 2. The van der Waals surface area contributed by atoms with Crippen molar-refractivity contribution in [2.75, 3.05) is 41.4 Å². The molecule has 4 rings (SSSR count). The lowest BCUT2D eigenvalue weighted by Gasteiger charge is -2.27. The van der Waals surface area contributed by atoms with Crippen LogP contribution in [-0.4, -0.2) is 74.1 Å². The molecule has 0 spiro atoms. The summed E-state index contributed by atoms with van der Waals surface area (Å²) in [6.07, 6.45) is 0.760. The average molecular weight is 467 g/mol. The third kappa shape index (κ3) is 4.21. The normalized spacial score (nSPS) is 21.1. The Bertz CT molecular complexity index is 1160. The third-order valence-electron chi connectivity index (χ3n) is 6.23. The summed E-state index contributed by atoms with van der Waals surface area (Å²) in [5, 5.41) is 11.4. The molecule has 1 N–H and O–H groups in total. The SMILES string of the molecule is COc1ccc(C2/C(=C(\O)c3ccc4c(c3)CC(C)O4)C(=O)C(=O)N2CCN(C)C)c(OC)c1. The van der Waals surface area contributed by atoms with Gasteiger partial charge in [0.2, 0.25) is 0 Å². The Balaban J connectivity index is 1.87. The number of carbonyl (C=O) groups excluding carboxylic acids is 2. The maximum absolute atomic E-state index is 13.3. The molecule has 2 aliphatic heterocycles. The van der Waals surface area contributed by atoms with Crippen LogP contribution in [0.4, 0.5) is 0 Å². The highest BCUT2D eigenvalue weighted by Crippen LogP contribution is 2.44. The van der Waals surface area contributed by atoms with E-state index in [1.54, 1.807) is 37.4 Å². The van der Waals surface area contributed by atoms with E-state index in [9.17, 15) is 14.7 Å². The topological polar surface area (TPSA) is 88.5 Å². The maximum atomic E-state index is 13.3. The van der Waals surface area contributed by atoms with Gasteiger partial charge in [0.1, 0.15) is 29.1 Å². The number of likely N-dealkylation sites (tertiary alicyclic amines) is 1. The number of hydrogen-bond acceptors (Lipinski definition) is 7. The summed E-state index contributed by atoms with van der Waals surface area (Å²) < 4.78 is 16.7. The Labute approximate surface area is 199 Å². The molecular formula is C26H30N2O6. The van der Waals surface area contributed by atoms with Gasteiger partial charge in [-0.1, -0.05) is 0 Å². The number of amides is 1. The number of Topliss-reactive ketones (excluding diaryl/α,β-unsaturated/α-hetero) is 1. The van der Waals surface area contributed by atoms with Crippen LogP contribution in [0, 0.1) is 0 Å². The van der Waals surface area contributed by atoms with E-state index in [1.165, 1.54) is 12.0 Å². The van der Waals surface area contributed by atoms with Gasteiger partial charge in [-0.2, -0.15) is 0 Å². The summed E-state index contributed by atoms with van der Waals surface area (Å²) >= 11 is 0. The fraction of sp³-hybridized carbons (Fsp3) is 0.385. The second-order valence-corrected chi connectivity index (χ2v) is 8.86. The highest BCUT2D eigenvalue weighted by atomic mass is 16.5. The molecule has 34 heavy (non-hydrogen) atoms. The number of nitrogens with zero attached hydrogens (tertiary/aromatic N) is 2. The fourth-order valence-corrected chi connectivity index (χ4v) is 4.51. The van der Waals surface area contributed by atoms with Crippen molar-refractivity contribution in [3.05, 3.63) is 58.7 Å². The highest BCUT2D eigenvalue weighted by Gasteiger charge is 2.47. The summed E-state index contributed by atoms with van der Waals surface area (Å²) in [5.74, 6) is 0.232. The Kier molecular flexibility index (Phi) is 6.52. The van der Waals surface area contributed by atoms with Crippen molar-refractivity contribution in [2.24, 2.45) is 0 Å². The van der Waals surface area contributed by atoms with Crippen molar-refractivity contribution in [1.82, 2.24) is 9.80 Å². The van der Waals surface area contributed by atoms with Gasteiger partial charge < -0.3 is 29.1 Å². The van der Waals surface area contributed by atoms with Gasteiger partial charge in [0.15, 0.2) is 0 Å². The van der Waals surface area contributed by atoms with Crippen molar-refractivity contribution in [3.63, 3.8) is 0 Å². The van der Waals surface area contributed by atoms with E-state index in [0.717, 1.165) is 11.3 Å². The molecular weight excluding hydrogens is 436 g/mol. The Morgan fingerprint density at radius 2 is 1.91 bits per heavy atom. The maximum Gasteiger partial charge on any atom is 0.295 e. The molecule has 0 saturated carbocycles. The van der Waals surface area contributed by atoms with Gasteiger partial charge >= 0.3 is 0 Å². The molecule has 1 amide bonds. The van der Waals surface area contributed by atoms with Crippen LogP contribution in [0.5, 0.6) is 17.2 Å². The summed E-state index contributed by atoms with van der Waals surface area (Å²) in [4.78, 5) is 29.8. The van der Waals surface area contributed by atoms with Gasteiger partial charge in [0, 0.05) is 36.7 Å². The lowest BCUT2D eigenvalue weighted by atomic mass is 9.93. The molecule has 2 aromatic rings. The van der Waals surface area contributed by atoms with Gasteiger partial charge in [0.05, 0.1) is 25.8 Å². The number of rotatable bonds is 7. The fourth-order valence-electron chi connectivity index (χ4n) is 4.51. The minimum absolute atomic E-state index is 0.0409. The molecule has 0 radical (unpaired) electrons. The first-order valence-electron chi connectivity index (χ1n) is 11.2. The van der Waals surface area contributed by atoms with Crippen LogP contribution in [0.25, 0.3) is 5.76 Å². The predicted molar refractivity (Wildman–Crippen MR) is 127 cm³/mol. The number of fused-ring (bicyclic) bond motifs is 1. The number of ether oxygens (including phenoxy) is 3. The van der Waals surface area contributed by atoms with Crippen LogP contribution in [0.1, 0.15) is 29.7 Å². The Morgan fingerprint density at radius 1 is 1.15 bits per heavy atom. The van der Waals surface area contributed by atoms with Crippen molar-refractivity contribution in [1.29, 1.82) is 0 Å². The molecule has 0 aliphatic carbocycles. The second kappa shape index (κ2) is 9.38. The monoisotopic (exact) mass is 466 g/mol. The molecule has 180 valence electrons. The number of carbonyl (C=O) groups is 2. The van der Waals surface area contributed by atoms with E-state index >= 15 is 0 Å². The molecule has 1 saturated heterocycles. The average Bonchev–Trinajstić information content (AvgIpc) is 3.32. The van der Waals surface area contributed by atoms with Crippen molar-refractivity contribution in [2.45, 2.75) is 25.5 Å². The first-order valence-corrected chi connectivity index (χ1v) is 11.2. The number of likely N-dealkylation sites (N-methyl/N-ethyl adjacent to an activating group) is 1. The molecule has 1 fully saturated rings. The van der Waals surface area contributed by atoms with Gasteiger partial charge in [0.25, 0.3) is 11.7 Å². The molecule has 2 aromatic carbocycles. The number of aliphatic hydroxyl groups excluding tert-OH is 1. The van der Waals surface area contributed by atoms with Crippen molar-refractivity contribution in [3.8, 4) is 17.2 Å². The predicted octanol–water partition coefficient (Wildman–Crippen LogP) is 3.01. The number of ketones is 1. The minimum Gasteiger partial charge on any atom is -0.507 e. The van der Waals surface area contributed by atoms with E-state index in [4.69, 9.17) is 14.2 Å². The second-order valence-electron chi connectivity index (χ2n) is 8.86. The first-order chi connectivity index (χ1) is 16.2. The summed E-state index contributed by atoms with van der Waals surface area (Å²) in [5.41, 5.74) is 2.07. The summed E-state index contributed by atoms with van der Waals surface area (Å²) in [6.45, 7) is 2.84. The molecule has 2 atom stereocenters. The van der Waals surface area contributed by atoms with Crippen LogP contribution in [0.15, 0.2) is 42.0 Å². The summed E-state index contributed by atoms with van der Waals surface area (Å²) in [7, 11) is 6.86. The molecule has 2 aliphatic rings. The van der Waals surface area contributed by atoms with Gasteiger partial charge in [-0.25, -0.2) is 0 Å². The zero-order chi connectivity index (χ0) is 24.6. The molecule has 2 heterocycles. The van der Waals surface area contributed by atoms with Crippen LogP contribution >= 0.6 is 0 Å². The zero-order valence-corrected chi connectivity index (χ0v) is 20.1. The number of aliphatic hydroxyl groups is 1. The lowest BCUT2D eigenvalue weighted by molar-refractivity contribution is -0.140. The minimum atomic E-state index is -0.802. The van der Waals surface area contributed by atoms with Crippen LogP contribution < -0.4 is 14.2 Å². The van der Waals surface area contributed by atoms with E-state index in [1.807, 2.05) is 32.0 Å². The van der Waals surface area contributed by atoms with E-state index in [0.29, 0.717) is 42.1 Å². The summed E-state index contributed by atoms with van der Waals surface area (Å²) in [6, 6.07) is 9.74. The Hall–Kier alpha value is -3.52. The van der Waals surface area contributed by atoms with E-state index in [-0.39, 0.29) is 17.4 Å². The van der Waals surface area contributed by atoms with Gasteiger partial charge in [-0.3, -0.25) is 9.59 Å². The van der Waals surface area contributed by atoms with Crippen molar-refractivity contribution < 1.29 is 28.9 Å². The van der Waals surface area contributed by atoms with Crippen LogP contribution in [-0.2, 0) is 16.0 Å². The number of hydrogen-bond donors (Lipinski definition) is 1. The molecule has 0 aromatic heterocycles. The molecule has 8 nitrogen and oxygen atoms in total. The molecule has 8 heteroatoms. The zero-order valence-electron chi connectivity index (χ0n) is 20.1. The van der Waals surface area contributed by atoms with Crippen LogP contribution in [0.3, 0.4) is 0 Å². The highest BCUT2D eigenvalue weighted by molar-refractivity contribution is 6.46. The quantitative estimate of drug-likeness (QED) is 0.381. The van der Waals surface area contributed by atoms with Crippen LogP contribution in [0.2, 0.25) is 0 Å². The lowest BCUT2D eigenvalue weighted by Crippen LogP contribution is -2.35. The number of benzene rings is 2. The van der Waals surface area contributed by atoms with E-state index in [2.05, 4.69) is 0 Å². The largest absolute Gasteiger partial charge is 0.507 e. The molecule has 2 unspecified atom stereocenters. The molecule has 0 bridgehead atoms. The Morgan fingerprint density at radius 3 is 2.59 bits per heavy atom. The third-order valence-corrected chi connectivity index (χ3v) is 6.23. The standard InChI is InChI=1S/C26H30N2O6/c1-15-12-17-13-16(6-9-20(17)34-15)24(29)22-23(19-8-7-18(32-4)14-21(19)33-5)28(11-10-27(2)3)26(31)25(22)30/h6-9,13-15,23,29H,10-12H2,1-5H3/b24-22+. The van der Waals surface area contributed by atoms with Gasteiger partial charge in [-0.15, -0.1) is 0 Å². The van der Waals surface area contributed by atoms with E-state index < -0.39 is 17.7 Å².